The van der Waals surface area contributed by atoms with Gasteiger partial charge in [-0.15, -0.1) is 11.3 Å². The summed E-state index contributed by atoms with van der Waals surface area (Å²) in [5, 5.41) is 0. The van der Waals surface area contributed by atoms with Crippen LogP contribution in [0.5, 0.6) is 0 Å². The van der Waals surface area contributed by atoms with Gasteiger partial charge in [-0.1, -0.05) is 6.92 Å². The van der Waals surface area contributed by atoms with Gasteiger partial charge in [0.1, 0.15) is 0 Å². The molecule has 0 radical (unpaired) electrons. The van der Waals surface area contributed by atoms with Crippen molar-refractivity contribution in [1.82, 2.24) is 4.98 Å². The summed E-state index contributed by atoms with van der Waals surface area (Å²) in [7, 11) is 0. The molecule has 2 rings (SSSR count). The van der Waals surface area contributed by atoms with Gasteiger partial charge < -0.3 is 4.98 Å². The minimum atomic E-state index is 0.781. The van der Waals surface area contributed by atoms with Gasteiger partial charge in [-0.2, -0.15) is 0 Å². The summed E-state index contributed by atoms with van der Waals surface area (Å²) < 4.78 is 0.927. The van der Waals surface area contributed by atoms with E-state index >= 15 is 0 Å². The largest absolute Gasteiger partial charge is 0.340 e. The third-order valence-electron chi connectivity index (χ3n) is 2.34. The van der Waals surface area contributed by atoms with Gasteiger partial charge in [-0.05, 0) is 31.5 Å². The minimum Gasteiger partial charge on any atom is -0.340 e. The molecule has 11 heavy (non-hydrogen) atoms. The fourth-order valence-electron chi connectivity index (χ4n) is 1.50. The van der Waals surface area contributed by atoms with E-state index in [0.29, 0.717) is 0 Å². The van der Waals surface area contributed by atoms with Gasteiger partial charge in [-0.3, -0.25) is 0 Å². The highest BCUT2D eigenvalue weighted by Crippen LogP contribution is 2.47. The number of hydrogen-bond acceptors (Lipinski definition) is 2. The normalized spacial score (nSPS) is 28.9. The number of hydrogen-bond donors (Lipinski definition) is 1. The molecule has 1 aliphatic carbocycles. The molecule has 1 fully saturated rings. The van der Waals surface area contributed by atoms with Crippen LogP contribution in [-0.4, -0.2) is 4.98 Å². The highest BCUT2D eigenvalue weighted by molar-refractivity contribution is 7.73. The molecule has 0 bridgehead atoms. The number of aromatic amines is 1. The van der Waals surface area contributed by atoms with Crippen LogP contribution in [0.3, 0.4) is 0 Å². The van der Waals surface area contributed by atoms with Gasteiger partial charge in [0.25, 0.3) is 0 Å². The smallest absolute Gasteiger partial charge is 0.158 e. The fraction of sp³-hybridized carbons (Fsp3) is 0.625. The molecule has 0 spiro atoms. The Morgan fingerprint density at radius 3 is 2.64 bits per heavy atom. The van der Waals surface area contributed by atoms with Gasteiger partial charge in [-0.25, -0.2) is 0 Å². The molecule has 1 saturated carbocycles. The van der Waals surface area contributed by atoms with Gasteiger partial charge in [0.2, 0.25) is 0 Å². The second-order valence-corrected chi connectivity index (χ2v) is 5.20. The van der Waals surface area contributed by atoms with Gasteiger partial charge >= 0.3 is 0 Å². The molecular weight excluding hydrogens is 174 g/mol. The average Bonchev–Trinajstić information content (AvgIpc) is 2.52. The first-order valence-corrected chi connectivity index (χ1v) is 5.10. The first kappa shape index (κ1) is 7.50. The van der Waals surface area contributed by atoms with Crippen LogP contribution in [0.25, 0.3) is 0 Å². The molecule has 1 N–H and O–H groups in total. The molecule has 1 aromatic heterocycles. The van der Waals surface area contributed by atoms with Crippen molar-refractivity contribution in [2.75, 3.05) is 0 Å². The lowest BCUT2D eigenvalue weighted by Crippen LogP contribution is -1.83. The highest BCUT2D eigenvalue weighted by atomic mass is 32.1. The Balaban J connectivity index is 2.37. The van der Waals surface area contributed by atoms with Gasteiger partial charge in [0, 0.05) is 16.5 Å². The maximum Gasteiger partial charge on any atom is 0.158 e. The van der Waals surface area contributed by atoms with Crippen molar-refractivity contribution in [3.63, 3.8) is 0 Å². The van der Waals surface area contributed by atoms with Crippen molar-refractivity contribution in [1.29, 1.82) is 0 Å². The Morgan fingerprint density at radius 2 is 2.27 bits per heavy atom. The molecule has 60 valence electrons. The monoisotopic (exact) mass is 185 g/mol. The number of aromatic nitrogens is 1. The number of rotatable bonds is 1. The Labute approximate surface area is 75.5 Å². The van der Waals surface area contributed by atoms with E-state index in [1.807, 2.05) is 0 Å². The summed E-state index contributed by atoms with van der Waals surface area (Å²) in [6.07, 6.45) is 1.34. The number of thiazole rings is 1. The zero-order valence-corrected chi connectivity index (χ0v) is 8.31. The third-order valence-corrected chi connectivity index (χ3v) is 3.51. The van der Waals surface area contributed by atoms with E-state index in [-0.39, 0.29) is 0 Å². The average molecular weight is 185 g/mol. The molecule has 1 aromatic rings. The highest BCUT2D eigenvalue weighted by Gasteiger charge is 2.36. The lowest BCUT2D eigenvalue weighted by atomic mass is 10.2. The van der Waals surface area contributed by atoms with E-state index in [2.05, 4.69) is 18.8 Å². The van der Waals surface area contributed by atoms with Crippen LogP contribution in [0.4, 0.5) is 0 Å². The molecule has 2 unspecified atom stereocenters. The zero-order valence-electron chi connectivity index (χ0n) is 6.68. The molecular formula is C8H11NS2. The van der Waals surface area contributed by atoms with E-state index < -0.39 is 0 Å². The van der Waals surface area contributed by atoms with Crippen molar-refractivity contribution in [3.8, 4) is 0 Å². The quantitative estimate of drug-likeness (QED) is 0.664. The zero-order chi connectivity index (χ0) is 8.01. The van der Waals surface area contributed by atoms with Gasteiger partial charge in [0.05, 0.1) is 0 Å². The Morgan fingerprint density at radius 1 is 1.64 bits per heavy atom. The van der Waals surface area contributed by atoms with Crippen LogP contribution < -0.4 is 0 Å². The number of nitrogens with one attached hydrogen (secondary N) is 1. The fourth-order valence-corrected chi connectivity index (χ4v) is 2.73. The van der Waals surface area contributed by atoms with Crippen LogP contribution in [0.2, 0.25) is 0 Å². The van der Waals surface area contributed by atoms with E-state index in [1.165, 1.54) is 17.0 Å². The van der Waals surface area contributed by atoms with Crippen LogP contribution >= 0.6 is 23.6 Å². The Hall–Kier alpha value is -0.150. The topological polar surface area (TPSA) is 15.8 Å². The summed E-state index contributed by atoms with van der Waals surface area (Å²) in [5.74, 6) is 1.65. The molecule has 3 heteroatoms. The van der Waals surface area contributed by atoms with Crippen molar-refractivity contribution in [3.05, 3.63) is 14.5 Å². The predicted octanol–water partition coefficient (Wildman–Crippen LogP) is 3.24. The maximum absolute atomic E-state index is 5.07. The SMILES string of the molecule is Cc1sc(=S)[nH]c1C1CC1C. The second kappa shape index (κ2) is 2.42. The van der Waals surface area contributed by atoms with Gasteiger partial charge in [0.15, 0.2) is 3.95 Å². The predicted molar refractivity (Wildman–Crippen MR) is 50.8 cm³/mol. The summed E-state index contributed by atoms with van der Waals surface area (Å²) in [6, 6.07) is 0. The van der Waals surface area contributed by atoms with Crippen molar-refractivity contribution in [2.24, 2.45) is 5.92 Å². The first-order chi connectivity index (χ1) is 5.18. The van der Waals surface area contributed by atoms with Crippen LogP contribution in [0.15, 0.2) is 0 Å². The molecule has 0 aliphatic heterocycles. The molecule has 0 amide bonds. The Bertz CT molecular complexity index is 323. The summed E-state index contributed by atoms with van der Waals surface area (Å²) in [4.78, 5) is 4.65. The number of H-pyrrole nitrogens is 1. The molecule has 2 atom stereocenters. The molecule has 0 aromatic carbocycles. The minimum absolute atomic E-state index is 0.781. The van der Waals surface area contributed by atoms with E-state index in [1.54, 1.807) is 11.3 Å². The molecule has 1 aliphatic rings. The van der Waals surface area contributed by atoms with Crippen LogP contribution in [0.1, 0.15) is 29.8 Å². The van der Waals surface area contributed by atoms with Crippen LogP contribution in [-0.2, 0) is 0 Å². The van der Waals surface area contributed by atoms with E-state index in [4.69, 9.17) is 12.2 Å². The van der Waals surface area contributed by atoms with E-state index in [0.717, 1.165) is 15.8 Å². The van der Waals surface area contributed by atoms with Crippen molar-refractivity contribution >= 4 is 23.6 Å². The maximum atomic E-state index is 5.07. The van der Waals surface area contributed by atoms with Crippen LogP contribution in [0, 0.1) is 16.8 Å². The summed E-state index contributed by atoms with van der Waals surface area (Å²) in [6.45, 7) is 4.44. The Kier molecular flexibility index (Phi) is 1.65. The lowest BCUT2D eigenvalue weighted by Gasteiger charge is -1.92. The van der Waals surface area contributed by atoms with E-state index in [9.17, 15) is 0 Å². The summed E-state index contributed by atoms with van der Waals surface area (Å²) >= 11 is 6.77. The molecule has 1 nitrogen and oxygen atoms in total. The third kappa shape index (κ3) is 1.27. The summed E-state index contributed by atoms with van der Waals surface area (Å²) in [5.41, 5.74) is 1.40. The van der Waals surface area contributed by atoms with Crippen molar-refractivity contribution in [2.45, 2.75) is 26.2 Å². The van der Waals surface area contributed by atoms with Crippen molar-refractivity contribution < 1.29 is 0 Å². The standard InChI is InChI=1S/C8H11NS2/c1-4-3-6(4)7-5(2)11-8(10)9-7/h4,6H,3H2,1-2H3,(H,9,10). The first-order valence-electron chi connectivity index (χ1n) is 3.88. The lowest BCUT2D eigenvalue weighted by molar-refractivity contribution is 0.886. The second-order valence-electron chi connectivity index (χ2n) is 3.30. The molecule has 1 heterocycles. The molecule has 0 saturated heterocycles. The number of aryl methyl sites for hydroxylation is 1.